The molecule has 18 heavy (non-hydrogen) atoms. The highest BCUT2D eigenvalue weighted by Gasteiger charge is 2.30. The summed E-state index contributed by atoms with van der Waals surface area (Å²) in [5, 5.41) is 0. The topological polar surface area (TPSA) is 35.2 Å². The lowest BCUT2D eigenvalue weighted by molar-refractivity contribution is 0.230. The van der Waals surface area contributed by atoms with Crippen LogP contribution in [0.5, 0.6) is 5.75 Å². The first-order valence-corrected chi connectivity index (χ1v) is 6.77. The van der Waals surface area contributed by atoms with E-state index in [2.05, 4.69) is 0 Å². The zero-order chi connectivity index (χ0) is 13.2. The lowest BCUT2D eigenvalue weighted by Crippen LogP contribution is -2.38. The average Bonchev–Trinajstić information content (AvgIpc) is 2.32. The van der Waals surface area contributed by atoms with Crippen LogP contribution >= 0.6 is 0 Å². The molecule has 0 amide bonds. The summed E-state index contributed by atoms with van der Waals surface area (Å²) in [4.78, 5) is 0. The van der Waals surface area contributed by atoms with Gasteiger partial charge in [0.15, 0.2) is 11.6 Å². The minimum Gasteiger partial charge on any atom is -0.488 e. The van der Waals surface area contributed by atoms with Crippen LogP contribution in [0.2, 0.25) is 0 Å². The molecule has 1 aliphatic rings. The first-order valence-electron chi connectivity index (χ1n) is 6.77. The van der Waals surface area contributed by atoms with Crippen molar-refractivity contribution < 1.29 is 9.13 Å². The summed E-state index contributed by atoms with van der Waals surface area (Å²) in [5.74, 6) is 0.00441. The highest BCUT2D eigenvalue weighted by atomic mass is 19.1. The standard InChI is InChI=1S/C15H22FNO/c1-11(2)18-14-7-6-12(10-13(14)16)15(17)8-4-3-5-9-15/h6-7,10-11H,3-5,8-9,17H2,1-2H3. The van der Waals surface area contributed by atoms with Crippen molar-refractivity contribution in [3.8, 4) is 5.75 Å². The number of hydrogen-bond acceptors (Lipinski definition) is 2. The molecule has 0 unspecified atom stereocenters. The van der Waals surface area contributed by atoms with Gasteiger partial charge in [-0.25, -0.2) is 4.39 Å². The second kappa shape index (κ2) is 5.27. The van der Waals surface area contributed by atoms with Crippen LogP contribution in [0.25, 0.3) is 0 Å². The van der Waals surface area contributed by atoms with E-state index in [9.17, 15) is 4.39 Å². The Morgan fingerprint density at radius 3 is 2.44 bits per heavy atom. The summed E-state index contributed by atoms with van der Waals surface area (Å²) in [6.45, 7) is 3.78. The maximum atomic E-state index is 14.0. The summed E-state index contributed by atoms with van der Waals surface area (Å²) in [6.07, 6.45) is 5.35. The summed E-state index contributed by atoms with van der Waals surface area (Å²) < 4.78 is 19.4. The number of halogens is 1. The zero-order valence-corrected chi connectivity index (χ0v) is 11.2. The molecule has 1 aromatic carbocycles. The van der Waals surface area contributed by atoms with E-state index >= 15 is 0 Å². The molecule has 2 nitrogen and oxygen atoms in total. The molecule has 0 spiro atoms. The van der Waals surface area contributed by atoms with E-state index in [1.54, 1.807) is 12.1 Å². The van der Waals surface area contributed by atoms with Gasteiger partial charge in [0.1, 0.15) is 0 Å². The van der Waals surface area contributed by atoms with Crippen molar-refractivity contribution in [2.24, 2.45) is 5.73 Å². The Balaban J connectivity index is 2.22. The molecule has 100 valence electrons. The summed E-state index contributed by atoms with van der Waals surface area (Å²) in [7, 11) is 0. The fourth-order valence-corrected chi connectivity index (χ4v) is 2.63. The largest absolute Gasteiger partial charge is 0.488 e. The molecule has 0 atom stereocenters. The van der Waals surface area contributed by atoms with Gasteiger partial charge >= 0.3 is 0 Å². The van der Waals surface area contributed by atoms with Gasteiger partial charge in [-0.2, -0.15) is 0 Å². The Bertz CT molecular complexity index is 411. The third-order valence-corrected chi connectivity index (χ3v) is 3.62. The number of ether oxygens (including phenoxy) is 1. The lowest BCUT2D eigenvalue weighted by atomic mass is 9.77. The van der Waals surface area contributed by atoms with Crippen molar-refractivity contribution in [3.63, 3.8) is 0 Å². The Morgan fingerprint density at radius 1 is 1.22 bits per heavy atom. The number of hydrogen-bond donors (Lipinski definition) is 1. The van der Waals surface area contributed by atoms with Crippen molar-refractivity contribution in [1.29, 1.82) is 0 Å². The van der Waals surface area contributed by atoms with Crippen molar-refractivity contribution >= 4 is 0 Å². The van der Waals surface area contributed by atoms with Crippen LogP contribution in [0.4, 0.5) is 4.39 Å². The maximum Gasteiger partial charge on any atom is 0.165 e. The zero-order valence-electron chi connectivity index (χ0n) is 11.2. The molecule has 3 heteroatoms. The second-order valence-electron chi connectivity index (χ2n) is 5.53. The molecule has 0 aromatic heterocycles. The monoisotopic (exact) mass is 251 g/mol. The van der Waals surface area contributed by atoms with Crippen LogP contribution in [-0.4, -0.2) is 6.10 Å². The van der Waals surface area contributed by atoms with E-state index in [1.807, 2.05) is 19.9 Å². The SMILES string of the molecule is CC(C)Oc1ccc(C2(N)CCCCC2)cc1F. The van der Waals surface area contributed by atoms with E-state index in [-0.39, 0.29) is 17.5 Å². The van der Waals surface area contributed by atoms with E-state index in [4.69, 9.17) is 10.5 Å². The van der Waals surface area contributed by atoms with Crippen LogP contribution in [0.1, 0.15) is 51.5 Å². The van der Waals surface area contributed by atoms with Crippen molar-refractivity contribution in [3.05, 3.63) is 29.6 Å². The highest BCUT2D eigenvalue weighted by Crippen LogP contribution is 2.36. The molecule has 0 radical (unpaired) electrons. The molecule has 0 heterocycles. The average molecular weight is 251 g/mol. The van der Waals surface area contributed by atoms with Crippen molar-refractivity contribution in [2.75, 3.05) is 0 Å². The number of rotatable bonds is 3. The first-order chi connectivity index (χ1) is 8.51. The molecule has 2 rings (SSSR count). The van der Waals surface area contributed by atoms with Crippen molar-refractivity contribution in [2.45, 2.75) is 57.6 Å². The van der Waals surface area contributed by atoms with Crippen LogP contribution < -0.4 is 10.5 Å². The Morgan fingerprint density at radius 2 is 1.89 bits per heavy atom. The number of benzene rings is 1. The third-order valence-electron chi connectivity index (χ3n) is 3.62. The predicted octanol–water partition coefficient (Wildman–Crippen LogP) is 3.73. The summed E-state index contributed by atoms with van der Waals surface area (Å²) >= 11 is 0. The lowest BCUT2D eigenvalue weighted by Gasteiger charge is -2.34. The molecule has 0 aliphatic heterocycles. The maximum absolute atomic E-state index is 14.0. The van der Waals surface area contributed by atoms with Crippen LogP contribution in [-0.2, 0) is 5.54 Å². The normalized spacial score (nSPS) is 18.9. The Hall–Kier alpha value is -1.09. The van der Waals surface area contributed by atoms with Crippen LogP contribution in [0.3, 0.4) is 0 Å². The Labute approximate surface area is 108 Å². The predicted molar refractivity (Wildman–Crippen MR) is 71.1 cm³/mol. The van der Waals surface area contributed by atoms with Gasteiger partial charge in [0, 0.05) is 5.54 Å². The fraction of sp³-hybridized carbons (Fsp3) is 0.600. The van der Waals surface area contributed by atoms with Gasteiger partial charge < -0.3 is 10.5 Å². The number of nitrogens with two attached hydrogens (primary N) is 1. The van der Waals surface area contributed by atoms with Gasteiger partial charge in [-0.3, -0.25) is 0 Å². The molecule has 1 saturated carbocycles. The van der Waals surface area contributed by atoms with E-state index in [0.717, 1.165) is 31.2 Å². The quantitative estimate of drug-likeness (QED) is 0.888. The fourth-order valence-electron chi connectivity index (χ4n) is 2.63. The Kier molecular flexibility index (Phi) is 3.91. The summed E-state index contributed by atoms with van der Waals surface area (Å²) in [5.41, 5.74) is 6.94. The third kappa shape index (κ3) is 2.83. The van der Waals surface area contributed by atoms with Gasteiger partial charge in [-0.1, -0.05) is 25.3 Å². The van der Waals surface area contributed by atoms with E-state index in [0.29, 0.717) is 5.75 Å². The molecule has 1 aliphatic carbocycles. The molecule has 0 bridgehead atoms. The molecule has 2 N–H and O–H groups in total. The van der Waals surface area contributed by atoms with E-state index < -0.39 is 0 Å². The first kappa shape index (κ1) is 13.3. The van der Waals surface area contributed by atoms with E-state index in [1.165, 1.54) is 6.42 Å². The molecular formula is C15H22FNO. The minimum atomic E-state index is -0.352. The van der Waals surface area contributed by atoms with Gasteiger partial charge in [0.05, 0.1) is 6.10 Å². The second-order valence-corrected chi connectivity index (χ2v) is 5.53. The highest BCUT2D eigenvalue weighted by molar-refractivity contribution is 5.33. The minimum absolute atomic E-state index is 0.0214. The smallest absolute Gasteiger partial charge is 0.165 e. The van der Waals surface area contributed by atoms with Crippen molar-refractivity contribution in [1.82, 2.24) is 0 Å². The van der Waals surface area contributed by atoms with Crippen LogP contribution in [0, 0.1) is 5.82 Å². The molecule has 1 aromatic rings. The van der Waals surface area contributed by atoms with Crippen LogP contribution in [0.15, 0.2) is 18.2 Å². The molecule has 0 saturated heterocycles. The van der Waals surface area contributed by atoms with Gasteiger partial charge in [-0.15, -0.1) is 0 Å². The van der Waals surface area contributed by atoms with Gasteiger partial charge in [0.2, 0.25) is 0 Å². The molecular weight excluding hydrogens is 229 g/mol. The molecule has 1 fully saturated rings. The van der Waals surface area contributed by atoms with Gasteiger partial charge in [0.25, 0.3) is 0 Å². The summed E-state index contributed by atoms with van der Waals surface area (Å²) in [6, 6.07) is 5.16. The van der Waals surface area contributed by atoms with Gasteiger partial charge in [-0.05, 0) is 44.4 Å².